The van der Waals surface area contributed by atoms with Crippen LogP contribution < -0.4 is 14.8 Å². The van der Waals surface area contributed by atoms with E-state index in [1.807, 2.05) is 61.0 Å². The molecule has 0 atom stereocenters. The predicted molar refractivity (Wildman–Crippen MR) is 130 cm³/mol. The first-order valence-corrected chi connectivity index (χ1v) is 11.4. The molecule has 0 spiro atoms. The van der Waals surface area contributed by atoms with Gasteiger partial charge in [-0.25, -0.2) is 9.97 Å². The molecule has 4 aromatic heterocycles. The third-order valence-corrected chi connectivity index (χ3v) is 6.34. The fourth-order valence-electron chi connectivity index (χ4n) is 3.53. The van der Waals surface area contributed by atoms with Crippen molar-refractivity contribution in [2.75, 3.05) is 12.4 Å². The average Bonchev–Trinajstić information content (AvgIpc) is 3.55. The Balaban J connectivity index is 1.33. The van der Waals surface area contributed by atoms with Crippen LogP contribution in [0.15, 0.2) is 65.3 Å². The number of nitrogens with one attached hydrogen (secondary N) is 1. The van der Waals surface area contributed by atoms with Crippen molar-refractivity contribution >= 4 is 28.6 Å². The minimum atomic E-state index is -0.249. The average molecular weight is 475 g/mol. The Kier molecular flexibility index (Phi) is 5.77. The molecule has 34 heavy (non-hydrogen) atoms. The molecule has 0 aliphatic carbocycles. The maximum atomic E-state index is 13.0. The number of anilines is 1. The first kappa shape index (κ1) is 21.7. The summed E-state index contributed by atoms with van der Waals surface area (Å²) in [5, 5.41) is 3.59. The quantitative estimate of drug-likeness (QED) is 0.335. The fraction of sp³-hybridized carbons (Fsp3) is 0.160. The molecule has 0 aliphatic rings. The molecule has 0 bridgehead atoms. The molecule has 0 saturated carbocycles. The van der Waals surface area contributed by atoms with Gasteiger partial charge < -0.3 is 23.6 Å². The van der Waals surface area contributed by atoms with Crippen molar-refractivity contribution in [2.45, 2.75) is 20.5 Å². The van der Waals surface area contributed by atoms with Crippen molar-refractivity contribution in [1.82, 2.24) is 14.4 Å². The summed E-state index contributed by atoms with van der Waals surface area (Å²) in [5.41, 5.74) is 2.85. The number of benzene rings is 1. The van der Waals surface area contributed by atoms with E-state index >= 15 is 0 Å². The minimum absolute atomic E-state index is 0.249. The summed E-state index contributed by atoms with van der Waals surface area (Å²) >= 11 is 1.29. The van der Waals surface area contributed by atoms with E-state index in [1.165, 1.54) is 11.3 Å². The first-order valence-electron chi connectivity index (χ1n) is 10.6. The predicted octanol–water partition coefficient (Wildman–Crippen LogP) is 5.51. The normalized spacial score (nSPS) is 11.0. The van der Waals surface area contributed by atoms with Gasteiger partial charge in [-0.2, -0.15) is 0 Å². The van der Waals surface area contributed by atoms with Gasteiger partial charge in [-0.15, -0.1) is 11.3 Å². The van der Waals surface area contributed by atoms with Gasteiger partial charge in [0.05, 0.1) is 18.5 Å². The van der Waals surface area contributed by atoms with E-state index < -0.39 is 0 Å². The Labute approximate surface area is 199 Å². The number of fused-ring (bicyclic) bond motifs is 1. The summed E-state index contributed by atoms with van der Waals surface area (Å²) in [6.45, 7) is 3.94. The highest BCUT2D eigenvalue weighted by atomic mass is 32.1. The molecule has 1 N–H and O–H groups in total. The summed E-state index contributed by atoms with van der Waals surface area (Å²) in [6, 6.07) is 14.8. The Morgan fingerprint density at radius 2 is 2.00 bits per heavy atom. The topological polar surface area (TPSA) is 90.9 Å². The van der Waals surface area contributed by atoms with Crippen LogP contribution in [0.2, 0.25) is 0 Å². The number of ether oxygens (including phenoxy) is 2. The largest absolute Gasteiger partial charge is 0.493 e. The van der Waals surface area contributed by atoms with Gasteiger partial charge in [0.25, 0.3) is 5.91 Å². The first-order chi connectivity index (χ1) is 16.5. The Morgan fingerprint density at radius 1 is 1.12 bits per heavy atom. The van der Waals surface area contributed by atoms with Gasteiger partial charge >= 0.3 is 0 Å². The van der Waals surface area contributed by atoms with Crippen LogP contribution in [-0.4, -0.2) is 27.4 Å². The van der Waals surface area contributed by atoms with E-state index in [-0.39, 0.29) is 12.5 Å². The number of methoxy groups -OCH3 is 1. The molecule has 172 valence electrons. The second kappa shape index (κ2) is 9.03. The summed E-state index contributed by atoms with van der Waals surface area (Å²) in [7, 11) is 1.57. The van der Waals surface area contributed by atoms with Crippen LogP contribution in [0.25, 0.3) is 16.4 Å². The zero-order valence-corrected chi connectivity index (χ0v) is 19.7. The second-order valence-electron chi connectivity index (χ2n) is 7.65. The van der Waals surface area contributed by atoms with Gasteiger partial charge in [0.15, 0.2) is 22.3 Å². The molecule has 0 unspecified atom stereocenters. The lowest BCUT2D eigenvalue weighted by molar-refractivity contribution is 0.102. The van der Waals surface area contributed by atoms with E-state index in [0.29, 0.717) is 38.5 Å². The van der Waals surface area contributed by atoms with Crippen LogP contribution in [0.3, 0.4) is 0 Å². The van der Waals surface area contributed by atoms with Crippen molar-refractivity contribution in [3.05, 3.63) is 82.9 Å². The van der Waals surface area contributed by atoms with Gasteiger partial charge in [-0.1, -0.05) is 6.07 Å². The number of rotatable bonds is 7. The van der Waals surface area contributed by atoms with Crippen molar-refractivity contribution in [2.24, 2.45) is 0 Å². The number of imidazole rings is 1. The molecule has 0 fully saturated rings. The standard InChI is InChI=1S/C25H22N4O4S/c1-15-7-9-20(33-15)25-26-16(2)23(34-25)24(30)28-17-8-10-19(31-3)21(12-17)32-14-18-13-29-11-5-4-6-22(29)27-18/h4-13H,14H2,1-3H3,(H,28,30). The molecule has 1 aromatic carbocycles. The lowest BCUT2D eigenvalue weighted by Gasteiger charge is -2.12. The lowest BCUT2D eigenvalue weighted by atomic mass is 10.2. The smallest absolute Gasteiger partial charge is 0.267 e. The molecular formula is C25H22N4O4S. The van der Waals surface area contributed by atoms with Crippen LogP contribution in [-0.2, 0) is 6.61 Å². The Hall–Kier alpha value is -4.11. The van der Waals surface area contributed by atoms with Gasteiger partial charge in [0, 0.05) is 24.1 Å². The summed E-state index contributed by atoms with van der Waals surface area (Å²) in [5.74, 6) is 2.26. The summed E-state index contributed by atoms with van der Waals surface area (Å²) in [4.78, 5) is 22.5. The number of hydrogen-bond acceptors (Lipinski definition) is 7. The zero-order valence-electron chi connectivity index (χ0n) is 18.9. The number of nitrogens with zero attached hydrogens (tertiary/aromatic N) is 3. The maximum absolute atomic E-state index is 13.0. The van der Waals surface area contributed by atoms with Crippen LogP contribution in [0, 0.1) is 13.8 Å². The fourth-order valence-corrected chi connectivity index (χ4v) is 4.45. The monoisotopic (exact) mass is 474 g/mol. The van der Waals surface area contributed by atoms with Gasteiger partial charge in [-0.05, 0) is 50.2 Å². The number of aromatic nitrogens is 3. The molecule has 9 heteroatoms. The molecule has 5 aromatic rings. The second-order valence-corrected chi connectivity index (χ2v) is 8.65. The molecule has 0 saturated heterocycles. The highest BCUT2D eigenvalue weighted by Crippen LogP contribution is 2.33. The van der Waals surface area contributed by atoms with Crippen LogP contribution in [0.5, 0.6) is 11.5 Å². The van der Waals surface area contributed by atoms with Crippen molar-refractivity contribution in [3.8, 4) is 22.3 Å². The third-order valence-electron chi connectivity index (χ3n) is 5.16. The van der Waals surface area contributed by atoms with E-state index in [4.69, 9.17) is 13.9 Å². The lowest BCUT2D eigenvalue weighted by Crippen LogP contribution is -2.11. The maximum Gasteiger partial charge on any atom is 0.267 e. The third kappa shape index (κ3) is 4.38. The van der Waals surface area contributed by atoms with E-state index in [2.05, 4.69) is 15.3 Å². The molecule has 0 radical (unpaired) electrons. The molecule has 8 nitrogen and oxygen atoms in total. The number of carbonyl (C=O) groups is 1. The van der Waals surface area contributed by atoms with Crippen molar-refractivity contribution in [3.63, 3.8) is 0 Å². The van der Waals surface area contributed by atoms with Crippen molar-refractivity contribution < 1.29 is 18.7 Å². The highest BCUT2D eigenvalue weighted by molar-refractivity contribution is 7.17. The van der Waals surface area contributed by atoms with Gasteiger partial charge in [0.1, 0.15) is 22.9 Å². The van der Waals surface area contributed by atoms with E-state index in [0.717, 1.165) is 17.1 Å². The number of hydrogen-bond donors (Lipinski definition) is 1. The minimum Gasteiger partial charge on any atom is -0.493 e. The van der Waals surface area contributed by atoms with E-state index in [9.17, 15) is 4.79 Å². The van der Waals surface area contributed by atoms with Crippen LogP contribution in [0.1, 0.15) is 26.8 Å². The SMILES string of the molecule is COc1ccc(NC(=O)c2sc(-c3ccc(C)o3)nc2C)cc1OCc1cn2ccccc2n1. The van der Waals surface area contributed by atoms with Crippen molar-refractivity contribution in [1.29, 1.82) is 0 Å². The molecule has 1 amide bonds. The van der Waals surface area contributed by atoms with Crippen LogP contribution in [0.4, 0.5) is 5.69 Å². The highest BCUT2D eigenvalue weighted by Gasteiger charge is 2.19. The van der Waals surface area contributed by atoms with Gasteiger partial charge in [-0.3, -0.25) is 4.79 Å². The number of carbonyl (C=O) groups excluding carboxylic acids is 1. The van der Waals surface area contributed by atoms with Crippen LogP contribution >= 0.6 is 11.3 Å². The zero-order chi connectivity index (χ0) is 23.7. The molecule has 4 heterocycles. The molecular weight excluding hydrogens is 452 g/mol. The summed E-state index contributed by atoms with van der Waals surface area (Å²) in [6.07, 6.45) is 3.85. The van der Waals surface area contributed by atoms with E-state index in [1.54, 1.807) is 25.3 Å². The number of aryl methyl sites for hydroxylation is 2. The number of amides is 1. The molecule has 5 rings (SSSR count). The number of pyridine rings is 1. The Morgan fingerprint density at radius 3 is 2.76 bits per heavy atom. The van der Waals surface area contributed by atoms with Gasteiger partial charge in [0.2, 0.25) is 0 Å². The number of thiazole rings is 1. The Bertz CT molecular complexity index is 1450. The summed E-state index contributed by atoms with van der Waals surface area (Å²) < 4.78 is 19.0. The molecule has 0 aliphatic heterocycles. The number of furan rings is 1.